The smallest absolute Gasteiger partial charge is 0.258 e. The molecular weight excluding hydrogens is 337 g/mol. The van der Waals surface area contributed by atoms with Gasteiger partial charge in [0.1, 0.15) is 11.2 Å². The minimum Gasteiger partial charge on any atom is -0.258 e. The Morgan fingerprint density at radius 2 is 1.80 bits per heavy atom. The van der Waals surface area contributed by atoms with Crippen molar-refractivity contribution in [1.82, 2.24) is 15.0 Å². The van der Waals surface area contributed by atoms with Crippen LogP contribution >= 0.6 is 0 Å². The summed E-state index contributed by atoms with van der Waals surface area (Å²) in [5.41, 5.74) is 0.596. The van der Waals surface area contributed by atoms with Crippen molar-refractivity contribution in [1.29, 1.82) is 0 Å². The van der Waals surface area contributed by atoms with E-state index in [1.54, 1.807) is 13.0 Å². The molecule has 0 fully saturated rings. The first-order chi connectivity index (χ1) is 11.7. The Bertz CT molecular complexity index is 1000. The number of nitro groups is 1. The molecular formula is C16H11F3N4O2. The van der Waals surface area contributed by atoms with E-state index in [1.807, 2.05) is 0 Å². The van der Waals surface area contributed by atoms with Crippen LogP contribution < -0.4 is 0 Å². The molecule has 1 aromatic carbocycles. The fraction of sp³-hybridized carbons (Fsp3) is 0.188. The third kappa shape index (κ3) is 3.12. The summed E-state index contributed by atoms with van der Waals surface area (Å²) in [7, 11) is 0. The highest BCUT2D eigenvalue weighted by Crippen LogP contribution is 2.31. The number of rotatable bonds is 2. The SMILES string of the molecule is Cc1cc(-c2ncc3nc(C(F)(F)F)cc(C)c3n2)ccc1[N+](=O)[O-]. The number of alkyl halides is 3. The predicted octanol–water partition coefficient (Wildman–Crippen LogP) is 4.24. The summed E-state index contributed by atoms with van der Waals surface area (Å²) in [5.74, 6) is 0.259. The van der Waals surface area contributed by atoms with E-state index in [0.717, 1.165) is 6.07 Å². The van der Waals surface area contributed by atoms with Gasteiger partial charge in [-0.05, 0) is 37.6 Å². The van der Waals surface area contributed by atoms with Crippen LogP contribution in [0.4, 0.5) is 18.9 Å². The summed E-state index contributed by atoms with van der Waals surface area (Å²) >= 11 is 0. The summed E-state index contributed by atoms with van der Waals surface area (Å²) in [6.07, 6.45) is -3.33. The van der Waals surface area contributed by atoms with Gasteiger partial charge in [-0.1, -0.05) is 0 Å². The van der Waals surface area contributed by atoms with Crippen molar-refractivity contribution in [2.45, 2.75) is 20.0 Å². The van der Waals surface area contributed by atoms with E-state index in [0.29, 0.717) is 22.2 Å². The highest BCUT2D eigenvalue weighted by Gasteiger charge is 2.33. The lowest BCUT2D eigenvalue weighted by Gasteiger charge is -2.10. The first-order valence-corrected chi connectivity index (χ1v) is 7.14. The number of pyridine rings is 1. The first kappa shape index (κ1) is 16.7. The van der Waals surface area contributed by atoms with Gasteiger partial charge in [-0.25, -0.2) is 15.0 Å². The zero-order valence-corrected chi connectivity index (χ0v) is 13.1. The maximum atomic E-state index is 12.8. The highest BCUT2D eigenvalue weighted by molar-refractivity contribution is 5.79. The summed E-state index contributed by atoms with van der Waals surface area (Å²) in [5, 5.41) is 10.9. The Kier molecular flexibility index (Phi) is 3.86. The second-order valence-electron chi connectivity index (χ2n) is 5.51. The largest absolute Gasteiger partial charge is 0.433 e. The van der Waals surface area contributed by atoms with E-state index in [-0.39, 0.29) is 17.0 Å². The quantitative estimate of drug-likeness (QED) is 0.511. The van der Waals surface area contributed by atoms with Crippen LogP contribution in [0.5, 0.6) is 0 Å². The Morgan fingerprint density at radius 3 is 2.40 bits per heavy atom. The van der Waals surface area contributed by atoms with Gasteiger partial charge >= 0.3 is 6.18 Å². The molecule has 0 aliphatic heterocycles. The number of fused-ring (bicyclic) bond motifs is 1. The minimum absolute atomic E-state index is 0.0304. The third-order valence-electron chi connectivity index (χ3n) is 3.68. The molecule has 0 unspecified atom stereocenters. The molecule has 0 spiro atoms. The van der Waals surface area contributed by atoms with E-state index < -0.39 is 16.8 Å². The fourth-order valence-electron chi connectivity index (χ4n) is 2.47. The molecule has 25 heavy (non-hydrogen) atoms. The standard InChI is InChI=1S/C16H11F3N4O2/c1-8-5-10(3-4-12(8)23(24)25)15-20-7-11-14(22-15)9(2)6-13(21-11)16(17,18)19/h3-7H,1-2H3. The highest BCUT2D eigenvalue weighted by atomic mass is 19.4. The zero-order chi connectivity index (χ0) is 18.4. The molecule has 9 heteroatoms. The summed E-state index contributed by atoms with van der Waals surface area (Å²) in [4.78, 5) is 22.3. The van der Waals surface area contributed by atoms with Gasteiger partial charge in [-0.15, -0.1) is 0 Å². The van der Waals surface area contributed by atoms with E-state index in [4.69, 9.17) is 0 Å². The number of nitro benzene ring substituents is 1. The molecule has 2 aromatic heterocycles. The molecule has 0 saturated carbocycles. The predicted molar refractivity (Wildman–Crippen MR) is 83.9 cm³/mol. The lowest BCUT2D eigenvalue weighted by molar-refractivity contribution is -0.385. The average Bonchev–Trinajstić information content (AvgIpc) is 2.53. The number of hydrogen-bond donors (Lipinski definition) is 0. The summed E-state index contributed by atoms with van der Waals surface area (Å²) in [6.45, 7) is 3.10. The first-order valence-electron chi connectivity index (χ1n) is 7.14. The maximum Gasteiger partial charge on any atom is 0.433 e. The molecule has 0 amide bonds. The lowest BCUT2D eigenvalue weighted by Crippen LogP contribution is -2.09. The molecule has 0 N–H and O–H groups in total. The van der Waals surface area contributed by atoms with Crippen molar-refractivity contribution < 1.29 is 18.1 Å². The second-order valence-corrected chi connectivity index (χ2v) is 5.51. The third-order valence-corrected chi connectivity index (χ3v) is 3.68. The molecule has 0 bridgehead atoms. The van der Waals surface area contributed by atoms with Gasteiger partial charge in [0, 0.05) is 17.2 Å². The van der Waals surface area contributed by atoms with Crippen LogP contribution in [0.3, 0.4) is 0 Å². The number of halogens is 3. The van der Waals surface area contributed by atoms with Gasteiger partial charge in [0.2, 0.25) is 0 Å². The van der Waals surface area contributed by atoms with Gasteiger partial charge in [0.05, 0.1) is 16.6 Å². The normalized spacial score (nSPS) is 11.7. The fourth-order valence-corrected chi connectivity index (χ4v) is 2.47. The number of aryl methyl sites for hydroxylation is 2. The van der Waals surface area contributed by atoms with Gasteiger partial charge in [-0.3, -0.25) is 10.1 Å². The number of hydrogen-bond acceptors (Lipinski definition) is 5. The van der Waals surface area contributed by atoms with Crippen molar-refractivity contribution in [2.24, 2.45) is 0 Å². The van der Waals surface area contributed by atoms with Crippen molar-refractivity contribution in [3.63, 3.8) is 0 Å². The number of nitrogens with zero attached hydrogens (tertiary/aromatic N) is 4. The van der Waals surface area contributed by atoms with Crippen LogP contribution in [0, 0.1) is 24.0 Å². The van der Waals surface area contributed by atoms with Crippen molar-refractivity contribution in [3.8, 4) is 11.4 Å². The van der Waals surface area contributed by atoms with Crippen LogP contribution in [0.15, 0.2) is 30.5 Å². The van der Waals surface area contributed by atoms with Crippen LogP contribution in [0.2, 0.25) is 0 Å². The second kappa shape index (κ2) is 5.76. The van der Waals surface area contributed by atoms with Crippen molar-refractivity contribution in [3.05, 3.63) is 57.4 Å². The van der Waals surface area contributed by atoms with Gasteiger partial charge in [-0.2, -0.15) is 13.2 Å². The average molecular weight is 348 g/mol. The summed E-state index contributed by atoms with van der Waals surface area (Å²) in [6, 6.07) is 5.33. The molecule has 0 saturated heterocycles. The van der Waals surface area contributed by atoms with Crippen LogP contribution in [0.1, 0.15) is 16.8 Å². The van der Waals surface area contributed by atoms with Gasteiger partial charge in [0.25, 0.3) is 5.69 Å². The van der Waals surface area contributed by atoms with Gasteiger partial charge in [0.15, 0.2) is 5.82 Å². The monoisotopic (exact) mass is 348 g/mol. The Labute approximate surface area is 139 Å². The summed E-state index contributed by atoms with van der Waals surface area (Å²) < 4.78 is 38.5. The molecule has 6 nitrogen and oxygen atoms in total. The molecule has 128 valence electrons. The molecule has 3 aromatic rings. The molecule has 0 radical (unpaired) electrons. The van der Waals surface area contributed by atoms with E-state index in [2.05, 4.69) is 15.0 Å². The Balaban J connectivity index is 2.12. The van der Waals surface area contributed by atoms with Crippen LogP contribution in [-0.4, -0.2) is 19.9 Å². The van der Waals surface area contributed by atoms with Crippen LogP contribution in [-0.2, 0) is 6.18 Å². The van der Waals surface area contributed by atoms with Gasteiger partial charge < -0.3 is 0 Å². The molecule has 0 aliphatic carbocycles. The minimum atomic E-state index is -4.55. The topological polar surface area (TPSA) is 81.8 Å². The van der Waals surface area contributed by atoms with Crippen molar-refractivity contribution >= 4 is 16.7 Å². The molecule has 2 heterocycles. The van der Waals surface area contributed by atoms with E-state index in [9.17, 15) is 23.3 Å². The molecule has 0 aliphatic rings. The number of benzene rings is 1. The lowest BCUT2D eigenvalue weighted by atomic mass is 10.1. The maximum absolute atomic E-state index is 12.8. The van der Waals surface area contributed by atoms with E-state index >= 15 is 0 Å². The molecule has 3 rings (SSSR count). The van der Waals surface area contributed by atoms with Crippen molar-refractivity contribution in [2.75, 3.05) is 0 Å². The zero-order valence-electron chi connectivity index (χ0n) is 13.1. The molecule has 0 atom stereocenters. The van der Waals surface area contributed by atoms with Crippen LogP contribution in [0.25, 0.3) is 22.4 Å². The van der Waals surface area contributed by atoms with E-state index in [1.165, 1.54) is 25.3 Å². The Morgan fingerprint density at radius 1 is 1.08 bits per heavy atom. The Hall–Kier alpha value is -3.10. The number of aromatic nitrogens is 3.